The lowest BCUT2D eigenvalue weighted by atomic mass is 9.84. The second-order valence-electron chi connectivity index (χ2n) is 18.4. The van der Waals surface area contributed by atoms with Crippen molar-refractivity contribution in [2.24, 2.45) is 0 Å². The first kappa shape index (κ1) is 60.3. The SMILES string of the molecule is CCCCCCCCCCCCCCCCO[C@H](COC(=O)CCCCCCCCCCCCCCC)COP(=O)(O)O[C@@H]1C(O[C@@H]2OC(CO)[C@H](O)[C@H](O)C2O)C(O)[C@@H](O)[C@H](O)C1O. The minimum absolute atomic E-state index is 0.206. The van der Waals surface area contributed by atoms with Gasteiger partial charge >= 0.3 is 13.8 Å². The van der Waals surface area contributed by atoms with E-state index in [0.717, 1.165) is 38.5 Å². The van der Waals surface area contributed by atoms with Crippen LogP contribution in [-0.4, -0.2) is 152 Å². The summed E-state index contributed by atoms with van der Waals surface area (Å²) in [7, 11) is -5.23. The maximum atomic E-state index is 13.4. The highest BCUT2D eigenvalue weighted by Gasteiger charge is 2.55. The van der Waals surface area contributed by atoms with Crippen LogP contribution in [0.3, 0.4) is 0 Å². The van der Waals surface area contributed by atoms with Gasteiger partial charge in [0.15, 0.2) is 6.29 Å². The molecule has 18 heteroatoms. The Morgan fingerprint density at radius 2 is 0.954 bits per heavy atom. The first-order valence-electron chi connectivity index (χ1n) is 25.4. The second kappa shape index (κ2) is 36.1. The summed E-state index contributed by atoms with van der Waals surface area (Å²) in [6.07, 6.45) is 9.46. The Kier molecular flexibility index (Phi) is 33.5. The molecule has 0 aromatic rings. The number of unbranched alkanes of at least 4 members (excludes halogenated alkanes) is 25. The van der Waals surface area contributed by atoms with E-state index in [1.165, 1.54) is 122 Å². The maximum absolute atomic E-state index is 13.4. The zero-order valence-electron chi connectivity index (χ0n) is 39.8. The van der Waals surface area contributed by atoms with Crippen LogP contribution in [0.1, 0.15) is 194 Å². The van der Waals surface area contributed by atoms with Gasteiger partial charge in [-0.15, -0.1) is 0 Å². The van der Waals surface area contributed by atoms with Gasteiger partial charge in [-0.1, -0.05) is 174 Å². The highest BCUT2D eigenvalue weighted by molar-refractivity contribution is 7.47. The normalized spacial score (nSPS) is 28.6. The molecule has 0 amide bonds. The molecule has 1 saturated heterocycles. The minimum Gasteiger partial charge on any atom is -0.463 e. The molecule has 1 heterocycles. The molecule has 1 aliphatic heterocycles. The molecule has 2 rings (SSSR count). The van der Waals surface area contributed by atoms with Crippen molar-refractivity contribution >= 4 is 13.8 Å². The van der Waals surface area contributed by atoms with E-state index < -0.39 is 100 Å². The molecule has 6 unspecified atom stereocenters. The van der Waals surface area contributed by atoms with Crippen LogP contribution in [0, 0.1) is 0 Å². The number of carbonyl (C=O) groups excluding carboxylic acids is 1. The number of aliphatic hydroxyl groups excluding tert-OH is 8. The van der Waals surface area contributed by atoms with Crippen LogP contribution in [0.2, 0.25) is 0 Å². The molecule has 0 aromatic heterocycles. The predicted molar refractivity (Wildman–Crippen MR) is 245 cm³/mol. The molecule has 13 atom stereocenters. The van der Waals surface area contributed by atoms with Crippen molar-refractivity contribution in [3.05, 3.63) is 0 Å². The van der Waals surface area contributed by atoms with Crippen molar-refractivity contribution in [1.29, 1.82) is 0 Å². The first-order chi connectivity index (χ1) is 31.3. The third kappa shape index (κ3) is 25.0. The lowest BCUT2D eigenvalue weighted by Crippen LogP contribution is -2.67. The van der Waals surface area contributed by atoms with E-state index in [1.54, 1.807) is 0 Å². The number of hydrogen-bond donors (Lipinski definition) is 9. The average molecular weight is 959 g/mol. The molecule has 9 N–H and O–H groups in total. The summed E-state index contributed by atoms with van der Waals surface area (Å²) in [6.45, 7) is 3.00. The molecule has 0 aromatic carbocycles. The zero-order valence-corrected chi connectivity index (χ0v) is 40.7. The number of rotatable bonds is 40. The van der Waals surface area contributed by atoms with Crippen LogP contribution in [0.15, 0.2) is 0 Å². The van der Waals surface area contributed by atoms with Gasteiger partial charge in [0.25, 0.3) is 0 Å². The van der Waals surface area contributed by atoms with Gasteiger partial charge in [-0.25, -0.2) is 4.57 Å². The van der Waals surface area contributed by atoms with E-state index in [1.807, 2.05) is 0 Å². The molecule has 0 bridgehead atoms. The van der Waals surface area contributed by atoms with Crippen molar-refractivity contribution in [1.82, 2.24) is 0 Å². The summed E-state index contributed by atoms with van der Waals surface area (Å²) in [6, 6.07) is 0. The lowest BCUT2D eigenvalue weighted by molar-refractivity contribution is -0.338. The van der Waals surface area contributed by atoms with Gasteiger partial charge < -0.3 is 64.7 Å². The van der Waals surface area contributed by atoms with Gasteiger partial charge in [-0.05, 0) is 12.8 Å². The smallest absolute Gasteiger partial charge is 0.463 e. The Morgan fingerprint density at radius 3 is 1.42 bits per heavy atom. The van der Waals surface area contributed by atoms with Gasteiger partial charge in [-0.2, -0.15) is 0 Å². The fourth-order valence-corrected chi connectivity index (χ4v) is 9.36. The van der Waals surface area contributed by atoms with E-state index in [4.69, 9.17) is 28.0 Å². The van der Waals surface area contributed by atoms with Crippen LogP contribution >= 0.6 is 7.82 Å². The van der Waals surface area contributed by atoms with Gasteiger partial charge in [0.1, 0.15) is 73.8 Å². The molecule has 0 spiro atoms. The van der Waals surface area contributed by atoms with E-state index in [9.17, 15) is 55.1 Å². The van der Waals surface area contributed by atoms with Crippen LogP contribution in [-0.2, 0) is 37.4 Å². The topological polar surface area (TPSA) is 272 Å². The second-order valence-corrected chi connectivity index (χ2v) is 19.8. The molecule has 2 aliphatic rings. The fraction of sp³-hybridized carbons (Fsp3) is 0.979. The molecule has 65 heavy (non-hydrogen) atoms. The number of phosphoric ester groups is 1. The Labute approximate surface area is 389 Å². The number of esters is 1. The third-order valence-electron chi connectivity index (χ3n) is 12.6. The van der Waals surface area contributed by atoms with E-state index in [0.29, 0.717) is 12.8 Å². The average Bonchev–Trinajstić information content (AvgIpc) is 3.29. The van der Waals surface area contributed by atoms with Crippen LogP contribution in [0.25, 0.3) is 0 Å². The van der Waals surface area contributed by atoms with Crippen molar-refractivity contribution in [3.63, 3.8) is 0 Å². The molecule has 1 aliphatic carbocycles. The van der Waals surface area contributed by atoms with Gasteiger partial charge in [0.05, 0.1) is 13.2 Å². The Balaban J connectivity index is 1.91. The molecule has 17 nitrogen and oxygen atoms in total. The van der Waals surface area contributed by atoms with Gasteiger partial charge in [0, 0.05) is 13.0 Å². The minimum atomic E-state index is -5.23. The Morgan fingerprint density at radius 1 is 0.538 bits per heavy atom. The maximum Gasteiger partial charge on any atom is 0.472 e. The highest BCUT2D eigenvalue weighted by atomic mass is 31.2. The monoisotopic (exact) mass is 959 g/mol. The number of ether oxygens (including phenoxy) is 4. The number of aliphatic hydroxyl groups is 8. The van der Waals surface area contributed by atoms with Crippen LogP contribution in [0.5, 0.6) is 0 Å². The van der Waals surface area contributed by atoms with Gasteiger partial charge in [-0.3, -0.25) is 13.8 Å². The van der Waals surface area contributed by atoms with Crippen molar-refractivity contribution in [2.75, 3.05) is 26.4 Å². The number of hydrogen-bond acceptors (Lipinski definition) is 16. The van der Waals surface area contributed by atoms with Crippen molar-refractivity contribution in [3.8, 4) is 0 Å². The lowest BCUT2D eigenvalue weighted by Gasteiger charge is -2.47. The summed E-state index contributed by atoms with van der Waals surface area (Å²) in [4.78, 5) is 23.6. The fourth-order valence-electron chi connectivity index (χ4n) is 8.39. The Bertz CT molecular complexity index is 1220. The van der Waals surface area contributed by atoms with Gasteiger partial charge in [0.2, 0.25) is 0 Å². The van der Waals surface area contributed by atoms with Crippen molar-refractivity contribution < 1.29 is 83.1 Å². The zero-order chi connectivity index (χ0) is 47.9. The Hall–Kier alpha value is -0.860. The molecular weight excluding hydrogens is 867 g/mol. The molecule has 0 radical (unpaired) electrons. The molecule has 2 fully saturated rings. The van der Waals surface area contributed by atoms with Crippen LogP contribution in [0.4, 0.5) is 0 Å². The highest BCUT2D eigenvalue weighted by Crippen LogP contribution is 2.48. The molecule has 386 valence electrons. The van der Waals surface area contributed by atoms with Crippen LogP contribution < -0.4 is 0 Å². The predicted octanol–water partition coefficient (Wildman–Crippen LogP) is 6.02. The number of phosphoric acid groups is 1. The summed E-state index contributed by atoms with van der Waals surface area (Å²) in [5, 5.41) is 82.9. The summed E-state index contributed by atoms with van der Waals surface area (Å²) in [5.41, 5.74) is 0. The standard InChI is InChI=1S/C47H91O17P/c1-3-5-7-9-11-13-15-17-19-21-23-25-27-29-31-59-35(33-60-37(49)30-28-26-24-22-20-18-16-14-12-10-8-6-4-2)34-61-65(57,58)64-46-43(55)41(53)40(52)42(54)45(46)63-47-44(56)39(51)38(50)36(32-48)62-47/h35-36,38-48,50-56H,3-34H2,1-2H3,(H,57,58)/t35-,36?,38+,39+,40+,41+,42?,43?,44?,45?,46+,47+/m1/s1. The number of carbonyl (C=O) groups is 1. The van der Waals surface area contributed by atoms with Crippen molar-refractivity contribution in [2.45, 2.75) is 267 Å². The summed E-state index contributed by atoms with van der Waals surface area (Å²) >= 11 is 0. The van der Waals surface area contributed by atoms with E-state index >= 15 is 0 Å². The molecule has 1 saturated carbocycles. The van der Waals surface area contributed by atoms with E-state index in [2.05, 4.69) is 13.8 Å². The van der Waals surface area contributed by atoms with E-state index in [-0.39, 0.29) is 19.6 Å². The molecular formula is C47H91O17P. The third-order valence-corrected chi connectivity index (χ3v) is 13.6. The summed E-state index contributed by atoms with van der Waals surface area (Å²) in [5.74, 6) is -0.443. The quantitative estimate of drug-likeness (QED) is 0.0193. The first-order valence-corrected chi connectivity index (χ1v) is 26.9. The summed E-state index contributed by atoms with van der Waals surface area (Å²) < 4.78 is 46.2. The largest absolute Gasteiger partial charge is 0.472 e.